The molecule has 128 valence electrons. The fraction of sp³-hybridized carbons (Fsp3) is 0.667. The summed E-state index contributed by atoms with van der Waals surface area (Å²) in [6.45, 7) is 1.38. The summed E-state index contributed by atoms with van der Waals surface area (Å²) in [6.07, 6.45) is -3.49. The summed E-state index contributed by atoms with van der Waals surface area (Å²) in [5.41, 5.74) is 5.04. The molecule has 1 amide bonds. The number of nitrogens with zero attached hydrogens (tertiary/aromatic N) is 3. The molecule has 5 N–H and O–H groups in total. The predicted molar refractivity (Wildman–Crippen MR) is 73.9 cm³/mol. The van der Waals surface area contributed by atoms with Crippen LogP contribution in [-0.4, -0.2) is 74.9 Å². The van der Waals surface area contributed by atoms with E-state index in [0.29, 0.717) is 0 Å². The highest BCUT2D eigenvalue weighted by atomic mass is 16.6. The number of primary amides is 1. The third kappa shape index (κ3) is 3.64. The molecule has 0 aliphatic carbocycles. The zero-order chi connectivity index (χ0) is 17.1. The molecule has 11 heteroatoms. The van der Waals surface area contributed by atoms with Crippen molar-refractivity contribution in [2.75, 3.05) is 13.7 Å². The van der Waals surface area contributed by atoms with Crippen LogP contribution in [0.15, 0.2) is 6.33 Å². The van der Waals surface area contributed by atoms with E-state index in [0.717, 1.165) is 11.0 Å². The number of hydrogen-bond acceptors (Lipinski definition) is 9. The molecule has 5 atom stereocenters. The van der Waals surface area contributed by atoms with Gasteiger partial charge in [-0.15, -0.1) is 5.10 Å². The maximum Gasteiger partial charge on any atom is 0.322 e. The molecule has 0 unspecified atom stereocenters. The lowest BCUT2D eigenvalue weighted by molar-refractivity contribution is -0.152. The minimum Gasteiger partial charge on any atom is -0.462 e. The van der Waals surface area contributed by atoms with Gasteiger partial charge in [0.2, 0.25) is 5.82 Å². The summed E-state index contributed by atoms with van der Waals surface area (Å²) in [5.74, 6) is -1.59. The molecule has 0 bridgehead atoms. The van der Waals surface area contributed by atoms with Crippen LogP contribution in [0, 0.1) is 0 Å². The Labute approximate surface area is 131 Å². The zero-order valence-electron chi connectivity index (χ0n) is 12.6. The molecule has 0 saturated carbocycles. The van der Waals surface area contributed by atoms with Gasteiger partial charge in [-0.25, -0.2) is 9.67 Å². The second-order valence-corrected chi connectivity index (χ2v) is 5.10. The van der Waals surface area contributed by atoms with Gasteiger partial charge in [0.05, 0.1) is 0 Å². The minimum atomic E-state index is -1.33. The van der Waals surface area contributed by atoms with Gasteiger partial charge in [0.15, 0.2) is 6.23 Å². The average Bonchev–Trinajstić information content (AvgIpc) is 3.11. The minimum absolute atomic E-state index is 0.239. The highest BCUT2D eigenvalue weighted by Gasteiger charge is 2.45. The smallest absolute Gasteiger partial charge is 0.322 e. The number of hydrogen-bond donors (Lipinski definition) is 4. The van der Waals surface area contributed by atoms with Gasteiger partial charge in [0, 0.05) is 0 Å². The highest BCUT2D eigenvalue weighted by molar-refractivity contribution is 5.88. The second kappa shape index (κ2) is 7.00. The normalized spacial score (nSPS) is 28.5. The lowest BCUT2D eigenvalue weighted by atomic mass is 10.1. The summed E-state index contributed by atoms with van der Waals surface area (Å²) in [4.78, 5) is 26.2. The van der Waals surface area contributed by atoms with Crippen molar-refractivity contribution >= 4 is 11.9 Å². The molecule has 0 aromatic carbocycles. The summed E-state index contributed by atoms with van der Waals surface area (Å²) < 4.78 is 11.5. The molecule has 1 aliphatic rings. The number of carbonyl (C=O) groups excluding carboxylic acids is 2. The first-order chi connectivity index (χ1) is 10.8. The molecule has 2 rings (SSSR count). The molecule has 1 aromatic heterocycles. The quantitative estimate of drug-likeness (QED) is 0.402. The van der Waals surface area contributed by atoms with E-state index in [1.165, 1.54) is 0 Å². The maximum absolute atomic E-state index is 11.6. The van der Waals surface area contributed by atoms with Crippen molar-refractivity contribution in [3.63, 3.8) is 0 Å². The topological polar surface area (TPSA) is 162 Å². The Hall–Kier alpha value is -2.08. The molecular formula is C12H19N5O6. The van der Waals surface area contributed by atoms with Crippen molar-refractivity contribution in [3.05, 3.63) is 12.2 Å². The maximum atomic E-state index is 11.6. The number of likely N-dealkylation sites (N-methyl/N-ethyl adjacent to an activating group) is 1. The second-order valence-electron chi connectivity index (χ2n) is 5.10. The van der Waals surface area contributed by atoms with E-state index in [1.54, 1.807) is 14.0 Å². The van der Waals surface area contributed by atoms with Gasteiger partial charge in [-0.2, -0.15) is 0 Å². The van der Waals surface area contributed by atoms with Crippen LogP contribution in [0.1, 0.15) is 23.8 Å². The van der Waals surface area contributed by atoms with Crippen molar-refractivity contribution in [1.82, 2.24) is 20.1 Å². The van der Waals surface area contributed by atoms with Gasteiger partial charge < -0.3 is 30.7 Å². The van der Waals surface area contributed by atoms with Gasteiger partial charge in [0.25, 0.3) is 5.91 Å². The van der Waals surface area contributed by atoms with Crippen LogP contribution in [0.3, 0.4) is 0 Å². The Kier molecular flexibility index (Phi) is 5.26. The first-order valence-electron chi connectivity index (χ1n) is 6.91. The van der Waals surface area contributed by atoms with Crippen LogP contribution in [0.4, 0.5) is 0 Å². The number of carbonyl (C=O) groups is 2. The third-order valence-electron chi connectivity index (χ3n) is 3.50. The van der Waals surface area contributed by atoms with Crippen LogP contribution in [0.25, 0.3) is 0 Å². The Morgan fingerprint density at radius 2 is 2.22 bits per heavy atom. The Bertz CT molecular complexity index is 578. The standard InChI is InChI=1S/C12H19N5O6/c1-5(14-2)12(21)22-3-6-7(18)8(19)11(23-6)17-4-15-10(16-17)9(13)20/h4-8,11,14,18-19H,3H2,1-2H3,(H2,13,20)/t5-,6+,7+,8+,11+/m0/s1. The molecule has 1 aromatic rings. The molecule has 23 heavy (non-hydrogen) atoms. The number of aliphatic hydroxyl groups is 2. The van der Waals surface area contributed by atoms with E-state index in [2.05, 4.69) is 15.4 Å². The van der Waals surface area contributed by atoms with E-state index in [9.17, 15) is 19.8 Å². The van der Waals surface area contributed by atoms with Crippen LogP contribution in [-0.2, 0) is 14.3 Å². The Balaban J connectivity index is 2.00. The average molecular weight is 329 g/mol. The fourth-order valence-corrected chi connectivity index (χ4v) is 2.00. The first kappa shape index (κ1) is 17.3. The van der Waals surface area contributed by atoms with Gasteiger partial charge >= 0.3 is 5.97 Å². The van der Waals surface area contributed by atoms with Gasteiger partial charge in [-0.1, -0.05) is 0 Å². The highest BCUT2D eigenvalue weighted by Crippen LogP contribution is 2.28. The van der Waals surface area contributed by atoms with E-state index in [1.807, 2.05) is 0 Å². The SMILES string of the molecule is CN[C@@H](C)C(=O)OC[C@H]1O[C@@H](n2cnc(C(N)=O)n2)[C@H](O)[C@@H]1O. The molecule has 11 nitrogen and oxygen atoms in total. The lowest BCUT2D eigenvalue weighted by Gasteiger charge is -2.16. The first-order valence-corrected chi connectivity index (χ1v) is 6.91. The third-order valence-corrected chi connectivity index (χ3v) is 3.50. The molecule has 1 fully saturated rings. The van der Waals surface area contributed by atoms with Crippen molar-refractivity contribution in [2.24, 2.45) is 5.73 Å². The van der Waals surface area contributed by atoms with E-state index in [4.69, 9.17) is 15.2 Å². The summed E-state index contributed by atoms with van der Waals surface area (Å²) >= 11 is 0. The van der Waals surface area contributed by atoms with E-state index < -0.39 is 42.5 Å². The summed E-state index contributed by atoms with van der Waals surface area (Å²) in [6, 6.07) is -0.511. The zero-order valence-corrected chi connectivity index (χ0v) is 12.6. The number of esters is 1. The van der Waals surface area contributed by atoms with Crippen LogP contribution in [0.2, 0.25) is 0 Å². The Morgan fingerprint density at radius 1 is 1.52 bits per heavy atom. The largest absolute Gasteiger partial charge is 0.462 e. The molecule has 1 aliphatic heterocycles. The van der Waals surface area contributed by atoms with Gasteiger partial charge in [-0.3, -0.25) is 9.59 Å². The molecule has 0 spiro atoms. The monoisotopic (exact) mass is 329 g/mol. The van der Waals surface area contributed by atoms with E-state index in [-0.39, 0.29) is 12.4 Å². The van der Waals surface area contributed by atoms with Crippen molar-refractivity contribution in [3.8, 4) is 0 Å². The number of aromatic nitrogens is 3. The summed E-state index contributed by atoms with van der Waals surface area (Å²) in [7, 11) is 1.60. The number of aliphatic hydroxyl groups excluding tert-OH is 2. The Morgan fingerprint density at radius 3 is 2.78 bits per heavy atom. The molecular weight excluding hydrogens is 310 g/mol. The number of nitrogens with two attached hydrogens (primary N) is 1. The van der Waals surface area contributed by atoms with Gasteiger partial charge in [0.1, 0.15) is 37.3 Å². The van der Waals surface area contributed by atoms with Crippen molar-refractivity contribution in [2.45, 2.75) is 37.5 Å². The van der Waals surface area contributed by atoms with Crippen LogP contribution in [0.5, 0.6) is 0 Å². The lowest BCUT2D eigenvalue weighted by Crippen LogP contribution is -2.37. The number of amides is 1. The molecule has 2 heterocycles. The van der Waals surface area contributed by atoms with Gasteiger partial charge in [-0.05, 0) is 14.0 Å². The van der Waals surface area contributed by atoms with Crippen molar-refractivity contribution in [1.29, 1.82) is 0 Å². The number of rotatable bonds is 6. The summed E-state index contributed by atoms with van der Waals surface area (Å²) in [5, 5.41) is 26.5. The number of nitrogens with one attached hydrogen (secondary N) is 1. The van der Waals surface area contributed by atoms with E-state index >= 15 is 0 Å². The van der Waals surface area contributed by atoms with Crippen LogP contribution >= 0.6 is 0 Å². The van der Waals surface area contributed by atoms with Crippen LogP contribution < -0.4 is 11.1 Å². The fourth-order valence-electron chi connectivity index (χ4n) is 2.00. The molecule has 1 saturated heterocycles. The number of ether oxygens (including phenoxy) is 2. The molecule has 0 radical (unpaired) electrons. The predicted octanol–water partition coefficient (Wildman–Crippen LogP) is -2.85. The van der Waals surface area contributed by atoms with Crippen molar-refractivity contribution < 1.29 is 29.3 Å².